The zero-order chi connectivity index (χ0) is 23.2. The van der Waals surface area contributed by atoms with E-state index in [4.69, 9.17) is 4.74 Å². The molecule has 2 heterocycles. The molecule has 0 aliphatic carbocycles. The molecule has 0 aliphatic rings. The average molecular weight is 442 g/mol. The standard InChI is InChI=1S/C26H27N5O2/c1-18(2)23-8-4-5-9-24(23)31-19(3)29-25(30-31)26(32)28-16-20-10-12-22(13-11-20)33-17-21-7-6-14-27-15-21/h4-15,18H,16-17H2,1-3H3,(H,28,32). The third-order valence-corrected chi connectivity index (χ3v) is 5.26. The summed E-state index contributed by atoms with van der Waals surface area (Å²) in [6.07, 6.45) is 3.51. The Balaban J connectivity index is 1.37. The second-order valence-corrected chi connectivity index (χ2v) is 8.08. The Bertz CT molecular complexity index is 1220. The van der Waals surface area contributed by atoms with Crippen molar-refractivity contribution in [2.45, 2.75) is 39.8 Å². The largest absolute Gasteiger partial charge is 0.489 e. The maximum Gasteiger partial charge on any atom is 0.291 e. The molecule has 7 nitrogen and oxygen atoms in total. The lowest BCUT2D eigenvalue weighted by Gasteiger charge is -2.12. The van der Waals surface area contributed by atoms with Crippen LogP contribution in [-0.2, 0) is 13.2 Å². The molecule has 33 heavy (non-hydrogen) atoms. The fourth-order valence-corrected chi connectivity index (χ4v) is 3.50. The van der Waals surface area contributed by atoms with Gasteiger partial charge in [-0.3, -0.25) is 9.78 Å². The van der Waals surface area contributed by atoms with E-state index in [9.17, 15) is 4.79 Å². The van der Waals surface area contributed by atoms with Gasteiger partial charge in [0.25, 0.3) is 5.91 Å². The molecule has 0 saturated carbocycles. The van der Waals surface area contributed by atoms with Crippen molar-refractivity contribution in [1.82, 2.24) is 25.1 Å². The van der Waals surface area contributed by atoms with Crippen LogP contribution < -0.4 is 10.1 Å². The first kappa shape index (κ1) is 22.2. The quantitative estimate of drug-likeness (QED) is 0.432. The Kier molecular flexibility index (Phi) is 6.78. The molecule has 0 fully saturated rings. The van der Waals surface area contributed by atoms with E-state index in [-0.39, 0.29) is 11.7 Å². The second kappa shape index (κ2) is 10.1. The number of rotatable bonds is 8. The molecule has 1 amide bonds. The summed E-state index contributed by atoms with van der Waals surface area (Å²) in [7, 11) is 0. The number of nitrogens with one attached hydrogen (secondary N) is 1. The smallest absolute Gasteiger partial charge is 0.291 e. The van der Waals surface area contributed by atoms with E-state index >= 15 is 0 Å². The molecule has 7 heteroatoms. The number of ether oxygens (including phenoxy) is 1. The first-order chi connectivity index (χ1) is 16.0. The molecule has 0 aliphatic heterocycles. The molecular weight excluding hydrogens is 414 g/mol. The average Bonchev–Trinajstić information content (AvgIpc) is 3.24. The molecular formula is C26H27N5O2. The van der Waals surface area contributed by atoms with Gasteiger partial charge in [-0.1, -0.05) is 50.2 Å². The third kappa shape index (κ3) is 5.44. The Hall–Kier alpha value is -4.00. The van der Waals surface area contributed by atoms with Gasteiger partial charge in [0.2, 0.25) is 5.82 Å². The van der Waals surface area contributed by atoms with Gasteiger partial charge in [0.1, 0.15) is 18.2 Å². The van der Waals surface area contributed by atoms with Gasteiger partial charge in [0, 0.05) is 24.5 Å². The van der Waals surface area contributed by atoms with Crippen LogP contribution in [0.1, 0.15) is 52.9 Å². The van der Waals surface area contributed by atoms with Crippen molar-refractivity contribution < 1.29 is 9.53 Å². The van der Waals surface area contributed by atoms with Crippen LogP contribution in [0, 0.1) is 6.92 Å². The Morgan fingerprint density at radius 3 is 2.55 bits per heavy atom. The fourth-order valence-electron chi connectivity index (χ4n) is 3.50. The van der Waals surface area contributed by atoms with Crippen LogP contribution in [0.3, 0.4) is 0 Å². The van der Waals surface area contributed by atoms with Crippen molar-refractivity contribution >= 4 is 5.91 Å². The molecule has 168 valence electrons. The summed E-state index contributed by atoms with van der Waals surface area (Å²) in [5, 5.41) is 7.37. The SMILES string of the molecule is Cc1nc(C(=O)NCc2ccc(OCc3cccnc3)cc2)nn1-c1ccccc1C(C)C. The second-order valence-electron chi connectivity index (χ2n) is 8.08. The van der Waals surface area contributed by atoms with Crippen molar-refractivity contribution in [2.75, 3.05) is 0 Å². The number of pyridine rings is 1. The normalized spacial score (nSPS) is 10.9. The molecule has 0 unspecified atom stereocenters. The van der Waals surface area contributed by atoms with Crippen LogP contribution in [0.2, 0.25) is 0 Å². The number of aryl methyl sites for hydroxylation is 1. The topological polar surface area (TPSA) is 81.9 Å². The minimum absolute atomic E-state index is 0.155. The van der Waals surface area contributed by atoms with Crippen molar-refractivity contribution in [2.24, 2.45) is 0 Å². The maximum atomic E-state index is 12.7. The lowest BCUT2D eigenvalue weighted by molar-refractivity contribution is 0.0940. The number of hydrogen-bond acceptors (Lipinski definition) is 5. The molecule has 0 spiro atoms. The number of hydrogen-bond donors (Lipinski definition) is 1. The van der Waals surface area contributed by atoms with E-state index in [0.717, 1.165) is 28.1 Å². The highest BCUT2D eigenvalue weighted by molar-refractivity contribution is 5.90. The highest BCUT2D eigenvalue weighted by Crippen LogP contribution is 2.23. The lowest BCUT2D eigenvalue weighted by Crippen LogP contribution is -2.24. The fraction of sp³-hybridized carbons (Fsp3) is 0.231. The van der Waals surface area contributed by atoms with Crippen molar-refractivity contribution in [3.05, 3.63) is 101 Å². The van der Waals surface area contributed by atoms with Gasteiger partial charge in [-0.2, -0.15) is 0 Å². The van der Waals surface area contributed by atoms with Gasteiger partial charge >= 0.3 is 0 Å². The van der Waals surface area contributed by atoms with Gasteiger partial charge in [-0.25, -0.2) is 9.67 Å². The zero-order valence-electron chi connectivity index (χ0n) is 19.0. The molecule has 2 aromatic heterocycles. The van der Waals surface area contributed by atoms with Crippen LogP contribution in [-0.4, -0.2) is 25.7 Å². The van der Waals surface area contributed by atoms with Gasteiger partial charge in [-0.15, -0.1) is 5.10 Å². The summed E-state index contributed by atoms with van der Waals surface area (Å²) in [4.78, 5) is 21.1. The third-order valence-electron chi connectivity index (χ3n) is 5.26. The van der Waals surface area contributed by atoms with E-state index in [1.807, 2.05) is 61.5 Å². The van der Waals surface area contributed by atoms with Gasteiger partial charge in [0.05, 0.1) is 5.69 Å². The van der Waals surface area contributed by atoms with Gasteiger partial charge < -0.3 is 10.1 Å². The van der Waals surface area contributed by atoms with E-state index < -0.39 is 0 Å². The van der Waals surface area contributed by atoms with E-state index in [1.54, 1.807) is 17.1 Å². The van der Waals surface area contributed by atoms with E-state index in [2.05, 4.69) is 40.3 Å². The first-order valence-electron chi connectivity index (χ1n) is 10.9. The number of aromatic nitrogens is 4. The highest BCUT2D eigenvalue weighted by Gasteiger charge is 2.17. The van der Waals surface area contributed by atoms with Gasteiger partial charge in [-0.05, 0) is 48.2 Å². The number of benzene rings is 2. The van der Waals surface area contributed by atoms with E-state index in [0.29, 0.717) is 24.9 Å². The molecule has 4 aromatic rings. The van der Waals surface area contributed by atoms with E-state index in [1.165, 1.54) is 0 Å². The number of nitrogens with zero attached hydrogens (tertiary/aromatic N) is 4. The molecule has 2 aromatic carbocycles. The molecule has 0 radical (unpaired) electrons. The van der Waals surface area contributed by atoms with Crippen molar-refractivity contribution in [1.29, 1.82) is 0 Å². The van der Waals surface area contributed by atoms with Crippen molar-refractivity contribution in [3.8, 4) is 11.4 Å². The summed E-state index contributed by atoms with van der Waals surface area (Å²) in [6.45, 7) is 6.95. The number of carbonyl (C=O) groups excluding carboxylic acids is 1. The number of amides is 1. The van der Waals surface area contributed by atoms with Crippen LogP contribution in [0.4, 0.5) is 0 Å². The lowest BCUT2D eigenvalue weighted by atomic mass is 10.0. The zero-order valence-corrected chi connectivity index (χ0v) is 19.0. The summed E-state index contributed by atoms with van der Waals surface area (Å²) >= 11 is 0. The molecule has 1 N–H and O–H groups in total. The predicted octanol–water partition coefficient (Wildman–Crippen LogP) is 4.60. The summed E-state index contributed by atoms with van der Waals surface area (Å²) < 4.78 is 7.51. The summed E-state index contributed by atoms with van der Waals surface area (Å²) in [5.74, 6) is 1.61. The van der Waals surface area contributed by atoms with Crippen LogP contribution in [0.25, 0.3) is 5.69 Å². The Labute approximate surface area is 193 Å². The van der Waals surface area contributed by atoms with Crippen molar-refractivity contribution in [3.63, 3.8) is 0 Å². The number of para-hydroxylation sites is 1. The maximum absolute atomic E-state index is 12.7. The Morgan fingerprint density at radius 2 is 1.82 bits per heavy atom. The highest BCUT2D eigenvalue weighted by atomic mass is 16.5. The summed E-state index contributed by atoms with van der Waals surface area (Å²) in [6, 6.07) is 19.5. The van der Waals surface area contributed by atoms with Gasteiger partial charge in [0.15, 0.2) is 0 Å². The van der Waals surface area contributed by atoms with Crippen LogP contribution >= 0.6 is 0 Å². The molecule has 4 rings (SSSR count). The molecule has 0 bridgehead atoms. The Morgan fingerprint density at radius 1 is 1.03 bits per heavy atom. The number of carbonyl (C=O) groups is 1. The first-order valence-corrected chi connectivity index (χ1v) is 10.9. The predicted molar refractivity (Wildman–Crippen MR) is 126 cm³/mol. The molecule has 0 saturated heterocycles. The van der Waals surface area contributed by atoms with Crippen LogP contribution in [0.5, 0.6) is 5.75 Å². The minimum atomic E-state index is -0.309. The monoisotopic (exact) mass is 441 g/mol. The summed E-state index contributed by atoms with van der Waals surface area (Å²) in [5.41, 5.74) is 4.06. The minimum Gasteiger partial charge on any atom is -0.489 e. The molecule has 0 atom stereocenters. The van der Waals surface area contributed by atoms with Crippen LogP contribution in [0.15, 0.2) is 73.1 Å².